The van der Waals surface area contributed by atoms with Gasteiger partial charge in [-0.1, -0.05) is 27.2 Å². The summed E-state index contributed by atoms with van der Waals surface area (Å²) in [6.45, 7) is 7.68. The van der Waals surface area contributed by atoms with Gasteiger partial charge in [-0.3, -0.25) is 0 Å². The van der Waals surface area contributed by atoms with E-state index in [1.54, 1.807) is 7.11 Å². The first-order valence-corrected chi connectivity index (χ1v) is 4.15. The minimum atomic E-state index is 0.729. The Labute approximate surface area is 64.8 Å². The molecule has 0 aromatic carbocycles. The molecular weight excluding hydrogens is 124 g/mol. The van der Waals surface area contributed by atoms with Crippen molar-refractivity contribution in [2.45, 2.75) is 33.6 Å². The topological polar surface area (TPSA) is 9.23 Å². The lowest BCUT2D eigenvalue weighted by molar-refractivity contribution is 0.152. The molecule has 0 saturated carbocycles. The van der Waals surface area contributed by atoms with Gasteiger partial charge in [-0.05, 0) is 18.3 Å². The van der Waals surface area contributed by atoms with Gasteiger partial charge in [0, 0.05) is 13.7 Å². The Kier molecular flexibility index (Phi) is 5.70. The van der Waals surface area contributed by atoms with E-state index in [0.717, 1.165) is 18.4 Å². The second-order valence-electron chi connectivity index (χ2n) is 3.53. The summed E-state index contributed by atoms with van der Waals surface area (Å²) in [5.41, 5.74) is 0. The van der Waals surface area contributed by atoms with Crippen molar-refractivity contribution in [2.75, 3.05) is 13.7 Å². The highest BCUT2D eigenvalue weighted by molar-refractivity contribution is 4.53. The van der Waals surface area contributed by atoms with E-state index in [2.05, 4.69) is 20.8 Å². The van der Waals surface area contributed by atoms with Crippen LogP contribution in [0.4, 0.5) is 0 Å². The molecular formula is C9H20O. The van der Waals surface area contributed by atoms with E-state index < -0.39 is 0 Å². The molecule has 0 rings (SSSR count). The summed E-state index contributed by atoms with van der Waals surface area (Å²) in [5.74, 6) is 1.56. The maximum Gasteiger partial charge on any atom is 0.0487 e. The Hall–Kier alpha value is -0.0400. The highest BCUT2D eigenvalue weighted by Crippen LogP contribution is 2.11. The van der Waals surface area contributed by atoms with Crippen LogP contribution in [0.3, 0.4) is 0 Å². The standard InChI is InChI=1S/C9H20O/c1-8(2)5-6-9(3)7-10-4/h8-9H,5-7H2,1-4H3. The lowest BCUT2D eigenvalue weighted by atomic mass is 10.0. The molecule has 1 nitrogen and oxygen atoms in total. The highest BCUT2D eigenvalue weighted by Gasteiger charge is 2.01. The molecule has 0 spiro atoms. The third-order valence-electron chi connectivity index (χ3n) is 1.69. The molecule has 0 bridgehead atoms. The summed E-state index contributed by atoms with van der Waals surface area (Å²) in [6, 6.07) is 0. The summed E-state index contributed by atoms with van der Waals surface area (Å²) in [7, 11) is 1.77. The largest absolute Gasteiger partial charge is 0.384 e. The summed E-state index contributed by atoms with van der Waals surface area (Å²) in [5, 5.41) is 0. The Bertz CT molecular complexity index is 69.1. The fraction of sp³-hybridized carbons (Fsp3) is 1.00. The molecule has 1 heteroatoms. The number of methoxy groups -OCH3 is 1. The molecule has 0 aromatic rings. The average molecular weight is 144 g/mol. The minimum Gasteiger partial charge on any atom is -0.384 e. The lowest BCUT2D eigenvalue weighted by Gasteiger charge is -2.10. The Morgan fingerprint density at radius 2 is 1.70 bits per heavy atom. The van der Waals surface area contributed by atoms with Crippen molar-refractivity contribution in [1.82, 2.24) is 0 Å². The van der Waals surface area contributed by atoms with Crippen LogP contribution in [-0.4, -0.2) is 13.7 Å². The molecule has 0 N–H and O–H groups in total. The van der Waals surface area contributed by atoms with Gasteiger partial charge in [0.1, 0.15) is 0 Å². The Morgan fingerprint density at radius 3 is 2.10 bits per heavy atom. The molecule has 0 aromatic heterocycles. The van der Waals surface area contributed by atoms with Crippen LogP contribution < -0.4 is 0 Å². The van der Waals surface area contributed by atoms with Gasteiger partial charge in [0.05, 0.1) is 0 Å². The zero-order chi connectivity index (χ0) is 7.98. The average Bonchev–Trinajstić information content (AvgIpc) is 1.85. The van der Waals surface area contributed by atoms with Gasteiger partial charge < -0.3 is 4.74 Å². The molecule has 1 unspecified atom stereocenters. The molecule has 0 aliphatic carbocycles. The summed E-state index contributed by atoms with van der Waals surface area (Å²) in [6.07, 6.45) is 2.62. The van der Waals surface area contributed by atoms with E-state index in [1.807, 2.05) is 0 Å². The number of hydrogen-bond acceptors (Lipinski definition) is 1. The van der Waals surface area contributed by atoms with E-state index in [1.165, 1.54) is 12.8 Å². The van der Waals surface area contributed by atoms with E-state index in [0.29, 0.717) is 0 Å². The molecule has 0 aliphatic heterocycles. The van der Waals surface area contributed by atoms with Crippen molar-refractivity contribution < 1.29 is 4.74 Å². The Balaban J connectivity index is 3.12. The van der Waals surface area contributed by atoms with Gasteiger partial charge in [0.2, 0.25) is 0 Å². The maximum absolute atomic E-state index is 5.04. The summed E-state index contributed by atoms with van der Waals surface area (Å²) >= 11 is 0. The van der Waals surface area contributed by atoms with Crippen molar-refractivity contribution in [2.24, 2.45) is 11.8 Å². The molecule has 0 fully saturated rings. The van der Waals surface area contributed by atoms with E-state index in [-0.39, 0.29) is 0 Å². The fourth-order valence-electron chi connectivity index (χ4n) is 0.986. The van der Waals surface area contributed by atoms with Gasteiger partial charge in [-0.15, -0.1) is 0 Å². The molecule has 0 heterocycles. The zero-order valence-electron chi connectivity index (χ0n) is 7.68. The Morgan fingerprint density at radius 1 is 1.10 bits per heavy atom. The predicted octanol–water partition coefficient (Wildman–Crippen LogP) is 2.71. The predicted molar refractivity (Wildman–Crippen MR) is 45.1 cm³/mol. The van der Waals surface area contributed by atoms with Crippen molar-refractivity contribution in [3.8, 4) is 0 Å². The van der Waals surface area contributed by atoms with Crippen molar-refractivity contribution in [3.05, 3.63) is 0 Å². The van der Waals surface area contributed by atoms with Crippen LogP contribution in [0.15, 0.2) is 0 Å². The van der Waals surface area contributed by atoms with Gasteiger partial charge in [-0.25, -0.2) is 0 Å². The first kappa shape index (κ1) is 9.96. The smallest absolute Gasteiger partial charge is 0.0487 e. The van der Waals surface area contributed by atoms with Crippen molar-refractivity contribution >= 4 is 0 Å². The highest BCUT2D eigenvalue weighted by atomic mass is 16.5. The quantitative estimate of drug-likeness (QED) is 0.576. The van der Waals surface area contributed by atoms with Crippen LogP contribution in [-0.2, 0) is 4.74 Å². The van der Waals surface area contributed by atoms with Crippen molar-refractivity contribution in [1.29, 1.82) is 0 Å². The third-order valence-corrected chi connectivity index (χ3v) is 1.69. The van der Waals surface area contributed by atoms with Gasteiger partial charge in [0.25, 0.3) is 0 Å². The van der Waals surface area contributed by atoms with Crippen LogP contribution in [0, 0.1) is 11.8 Å². The second kappa shape index (κ2) is 5.72. The molecule has 0 aliphatic rings. The zero-order valence-corrected chi connectivity index (χ0v) is 7.68. The fourth-order valence-corrected chi connectivity index (χ4v) is 0.986. The first-order chi connectivity index (χ1) is 4.66. The lowest BCUT2D eigenvalue weighted by Crippen LogP contribution is -2.04. The second-order valence-corrected chi connectivity index (χ2v) is 3.53. The first-order valence-electron chi connectivity index (χ1n) is 4.15. The minimum absolute atomic E-state index is 0.729. The van der Waals surface area contributed by atoms with Gasteiger partial charge >= 0.3 is 0 Å². The molecule has 0 amide bonds. The molecule has 0 saturated heterocycles. The van der Waals surface area contributed by atoms with E-state index in [9.17, 15) is 0 Å². The van der Waals surface area contributed by atoms with Crippen LogP contribution in [0.5, 0.6) is 0 Å². The normalized spacial score (nSPS) is 14.1. The van der Waals surface area contributed by atoms with E-state index in [4.69, 9.17) is 4.74 Å². The van der Waals surface area contributed by atoms with Crippen LogP contribution >= 0.6 is 0 Å². The molecule has 1 atom stereocenters. The summed E-state index contributed by atoms with van der Waals surface area (Å²) in [4.78, 5) is 0. The van der Waals surface area contributed by atoms with Crippen LogP contribution in [0.1, 0.15) is 33.6 Å². The molecule has 62 valence electrons. The summed E-state index contributed by atoms with van der Waals surface area (Å²) < 4.78 is 5.04. The van der Waals surface area contributed by atoms with Gasteiger partial charge in [0.15, 0.2) is 0 Å². The van der Waals surface area contributed by atoms with Crippen molar-refractivity contribution in [3.63, 3.8) is 0 Å². The van der Waals surface area contributed by atoms with Crippen LogP contribution in [0.2, 0.25) is 0 Å². The number of hydrogen-bond donors (Lipinski definition) is 0. The number of rotatable bonds is 5. The SMILES string of the molecule is COCC(C)CCC(C)C. The van der Waals surface area contributed by atoms with E-state index >= 15 is 0 Å². The number of ether oxygens (including phenoxy) is 1. The third kappa shape index (κ3) is 6.09. The monoisotopic (exact) mass is 144 g/mol. The van der Waals surface area contributed by atoms with Crippen LogP contribution in [0.25, 0.3) is 0 Å². The molecule has 10 heavy (non-hydrogen) atoms. The van der Waals surface area contributed by atoms with Gasteiger partial charge in [-0.2, -0.15) is 0 Å². The molecule has 0 radical (unpaired) electrons. The maximum atomic E-state index is 5.04.